The van der Waals surface area contributed by atoms with E-state index in [1.54, 1.807) is 0 Å². The average Bonchev–Trinajstić information content (AvgIpc) is 2.44. The van der Waals surface area contributed by atoms with Crippen molar-refractivity contribution >= 4 is 17.9 Å². The fourth-order valence-electron chi connectivity index (χ4n) is 1.95. The number of nitrogens with one attached hydrogen (secondary N) is 2. The van der Waals surface area contributed by atoms with Crippen molar-refractivity contribution in [3.8, 4) is 0 Å². The molecule has 0 aromatic rings. The second-order valence-electron chi connectivity index (χ2n) is 4.86. The van der Waals surface area contributed by atoms with E-state index in [0.29, 0.717) is 32.6 Å². The Bertz CT molecular complexity index is 356. The third-order valence-corrected chi connectivity index (χ3v) is 3.11. The van der Waals surface area contributed by atoms with Crippen LogP contribution in [0.2, 0.25) is 0 Å². The van der Waals surface area contributed by atoms with E-state index in [2.05, 4.69) is 15.5 Å². The Morgan fingerprint density at radius 1 is 1.10 bits per heavy atom. The highest BCUT2D eigenvalue weighted by Gasteiger charge is 2.11. The Balaban J connectivity index is 2.01. The molecular weight excluding hydrogens is 278 g/mol. The summed E-state index contributed by atoms with van der Waals surface area (Å²) >= 11 is 0. The van der Waals surface area contributed by atoms with Gasteiger partial charge in [-0.15, -0.1) is 0 Å². The summed E-state index contributed by atoms with van der Waals surface area (Å²) in [4.78, 5) is 35.3. The third kappa shape index (κ3) is 8.98. The van der Waals surface area contributed by atoms with Crippen molar-refractivity contribution in [2.45, 2.75) is 25.7 Å². The fourth-order valence-corrected chi connectivity index (χ4v) is 1.95. The van der Waals surface area contributed by atoms with Gasteiger partial charge in [0.25, 0.3) is 0 Å². The van der Waals surface area contributed by atoms with Gasteiger partial charge < -0.3 is 15.2 Å². The number of ether oxygens (including phenoxy) is 1. The van der Waals surface area contributed by atoms with Crippen LogP contribution in [0.5, 0.6) is 0 Å². The average molecular weight is 301 g/mol. The zero-order valence-corrected chi connectivity index (χ0v) is 12.1. The van der Waals surface area contributed by atoms with Crippen molar-refractivity contribution in [2.75, 3.05) is 39.4 Å². The van der Waals surface area contributed by atoms with E-state index >= 15 is 0 Å². The quantitative estimate of drug-likeness (QED) is 0.535. The van der Waals surface area contributed by atoms with Crippen molar-refractivity contribution in [3.05, 3.63) is 0 Å². The molecule has 21 heavy (non-hydrogen) atoms. The number of morpholine rings is 1. The Labute approximate surface area is 123 Å². The van der Waals surface area contributed by atoms with Crippen LogP contribution in [0.25, 0.3) is 0 Å². The van der Waals surface area contributed by atoms with E-state index in [0.717, 1.165) is 19.6 Å². The summed E-state index contributed by atoms with van der Waals surface area (Å²) in [6.07, 6.45) is 1.09. The van der Waals surface area contributed by atoms with Gasteiger partial charge in [0.1, 0.15) is 0 Å². The summed E-state index contributed by atoms with van der Waals surface area (Å²) in [6.45, 7) is 4.32. The van der Waals surface area contributed by atoms with Crippen LogP contribution in [0.4, 0.5) is 4.79 Å². The van der Waals surface area contributed by atoms with Gasteiger partial charge in [-0.2, -0.15) is 0 Å². The lowest BCUT2D eigenvalue weighted by molar-refractivity contribution is -0.137. The molecule has 1 saturated heterocycles. The van der Waals surface area contributed by atoms with Crippen LogP contribution in [0, 0.1) is 0 Å². The Morgan fingerprint density at radius 3 is 2.43 bits per heavy atom. The number of imide groups is 1. The van der Waals surface area contributed by atoms with Crippen molar-refractivity contribution in [2.24, 2.45) is 0 Å². The van der Waals surface area contributed by atoms with E-state index in [1.165, 1.54) is 0 Å². The normalized spacial score (nSPS) is 15.4. The second kappa shape index (κ2) is 10.1. The molecule has 0 saturated carbocycles. The number of carboxylic acids is 1. The molecular formula is C13H23N3O5. The number of carbonyl (C=O) groups is 3. The SMILES string of the molecule is O=C(O)CCCCC(=O)NC(=O)NCCN1CCOCC1. The number of carboxylic acid groups (broad SMARTS) is 1. The molecule has 0 aromatic heterocycles. The highest BCUT2D eigenvalue weighted by Crippen LogP contribution is 1.99. The molecule has 0 radical (unpaired) electrons. The molecule has 0 aliphatic carbocycles. The first-order chi connectivity index (χ1) is 10.1. The van der Waals surface area contributed by atoms with Crippen LogP contribution >= 0.6 is 0 Å². The van der Waals surface area contributed by atoms with Crippen LogP contribution < -0.4 is 10.6 Å². The lowest BCUT2D eigenvalue weighted by Gasteiger charge is -2.26. The molecule has 8 heteroatoms. The maximum atomic E-state index is 11.5. The van der Waals surface area contributed by atoms with E-state index in [4.69, 9.17) is 9.84 Å². The van der Waals surface area contributed by atoms with E-state index in [-0.39, 0.29) is 18.7 Å². The highest BCUT2D eigenvalue weighted by molar-refractivity contribution is 5.94. The predicted octanol–water partition coefficient (Wildman–Crippen LogP) is -0.211. The van der Waals surface area contributed by atoms with E-state index < -0.39 is 12.0 Å². The van der Waals surface area contributed by atoms with Crippen molar-refractivity contribution < 1.29 is 24.2 Å². The monoisotopic (exact) mass is 301 g/mol. The summed E-state index contributed by atoms with van der Waals surface area (Å²) < 4.78 is 5.22. The van der Waals surface area contributed by atoms with Gasteiger partial charge in [0, 0.05) is 39.0 Å². The molecule has 0 aromatic carbocycles. The maximum Gasteiger partial charge on any atom is 0.321 e. The minimum atomic E-state index is -0.878. The first-order valence-electron chi connectivity index (χ1n) is 7.17. The molecule has 3 amide bonds. The molecule has 8 nitrogen and oxygen atoms in total. The van der Waals surface area contributed by atoms with E-state index in [9.17, 15) is 14.4 Å². The molecule has 1 fully saturated rings. The molecule has 1 aliphatic rings. The maximum absolute atomic E-state index is 11.5. The summed E-state index contributed by atoms with van der Waals surface area (Å²) in [5.74, 6) is -1.26. The number of nitrogens with zero attached hydrogens (tertiary/aromatic N) is 1. The minimum Gasteiger partial charge on any atom is -0.481 e. The van der Waals surface area contributed by atoms with Crippen molar-refractivity contribution in [1.29, 1.82) is 0 Å². The first-order valence-corrected chi connectivity index (χ1v) is 7.17. The Kier molecular flexibility index (Phi) is 8.37. The molecule has 0 bridgehead atoms. The molecule has 1 aliphatic heterocycles. The van der Waals surface area contributed by atoms with E-state index in [1.807, 2.05) is 0 Å². The number of hydrogen-bond donors (Lipinski definition) is 3. The number of amides is 3. The molecule has 0 unspecified atom stereocenters. The standard InChI is InChI=1S/C13H23N3O5/c17-11(3-1-2-4-12(18)19)15-13(20)14-5-6-16-7-9-21-10-8-16/h1-10H2,(H,18,19)(H2,14,15,17,20). The van der Waals surface area contributed by atoms with Crippen molar-refractivity contribution in [3.63, 3.8) is 0 Å². The van der Waals surface area contributed by atoms with Gasteiger partial charge in [-0.1, -0.05) is 0 Å². The molecule has 0 atom stereocenters. The number of aliphatic carboxylic acids is 1. The summed E-state index contributed by atoms with van der Waals surface area (Å²) in [5, 5.41) is 13.3. The van der Waals surface area contributed by atoms with Gasteiger partial charge in [-0.25, -0.2) is 4.79 Å². The van der Waals surface area contributed by atoms with Gasteiger partial charge >= 0.3 is 12.0 Å². The number of hydrogen-bond acceptors (Lipinski definition) is 5. The van der Waals surface area contributed by atoms with Gasteiger partial charge in [0.05, 0.1) is 13.2 Å². The van der Waals surface area contributed by atoms with Gasteiger partial charge in [-0.05, 0) is 12.8 Å². The molecule has 120 valence electrons. The molecule has 3 N–H and O–H groups in total. The fraction of sp³-hybridized carbons (Fsp3) is 0.769. The summed E-state index contributed by atoms with van der Waals surface area (Å²) in [6, 6.07) is -0.508. The summed E-state index contributed by atoms with van der Waals surface area (Å²) in [5.41, 5.74) is 0. The molecule has 0 spiro atoms. The number of urea groups is 1. The lowest BCUT2D eigenvalue weighted by atomic mass is 10.2. The number of unbranched alkanes of at least 4 members (excludes halogenated alkanes) is 1. The summed E-state index contributed by atoms with van der Waals surface area (Å²) in [7, 11) is 0. The third-order valence-electron chi connectivity index (χ3n) is 3.11. The molecule has 1 rings (SSSR count). The first kappa shape index (κ1) is 17.4. The highest BCUT2D eigenvalue weighted by atomic mass is 16.5. The molecule has 1 heterocycles. The zero-order valence-electron chi connectivity index (χ0n) is 12.1. The predicted molar refractivity (Wildman–Crippen MR) is 74.9 cm³/mol. The Morgan fingerprint density at radius 2 is 1.76 bits per heavy atom. The van der Waals surface area contributed by atoms with Gasteiger partial charge in [0.2, 0.25) is 5.91 Å². The number of rotatable bonds is 8. The van der Waals surface area contributed by atoms with Crippen LogP contribution in [0.1, 0.15) is 25.7 Å². The van der Waals surface area contributed by atoms with Crippen LogP contribution in [0.15, 0.2) is 0 Å². The lowest BCUT2D eigenvalue weighted by Crippen LogP contribution is -2.45. The van der Waals surface area contributed by atoms with Gasteiger partial charge in [0.15, 0.2) is 0 Å². The minimum absolute atomic E-state index is 0.0407. The largest absolute Gasteiger partial charge is 0.481 e. The Hall–Kier alpha value is -1.67. The topological polar surface area (TPSA) is 108 Å². The van der Waals surface area contributed by atoms with Crippen molar-refractivity contribution in [1.82, 2.24) is 15.5 Å². The smallest absolute Gasteiger partial charge is 0.321 e. The van der Waals surface area contributed by atoms with Crippen LogP contribution in [-0.2, 0) is 14.3 Å². The van der Waals surface area contributed by atoms with Crippen LogP contribution in [-0.4, -0.2) is 67.3 Å². The second-order valence-corrected chi connectivity index (χ2v) is 4.86. The zero-order chi connectivity index (χ0) is 15.5. The van der Waals surface area contributed by atoms with Gasteiger partial charge in [-0.3, -0.25) is 19.8 Å². The van der Waals surface area contributed by atoms with Crippen LogP contribution in [0.3, 0.4) is 0 Å². The number of carbonyl (C=O) groups excluding carboxylic acids is 2.